The van der Waals surface area contributed by atoms with E-state index in [9.17, 15) is 32.4 Å². The maximum atomic E-state index is 14.3. The van der Waals surface area contributed by atoms with Crippen LogP contribution in [0.3, 0.4) is 0 Å². The first-order chi connectivity index (χ1) is 24.1. The second-order valence-electron chi connectivity index (χ2n) is 13.7. The predicted octanol–water partition coefficient (Wildman–Crippen LogP) is 5.26. The largest absolute Gasteiger partial charge is 0.481 e. The molecule has 0 radical (unpaired) electrons. The predicted molar refractivity (Wildman–Crippen MR) is 182 cm³/mol. The summed E-state index contributed by atoms with van der Waals surface area (Å²) >= 11 is 0. The van der Waals surface area contributed by atoms with E-state index in [2.05, 4.69) is 20.5 Å². The van der Waals surface area contributed by atoms with E-state index in [0.29, 0.717) is 73.0 Å². The zero-order valence-electron chi connectivity index (χ0n) is 28.8. The average Bonchev–Trinajstić information content (AvgIpc) is 3.49. The third-order valence-electron chi connectivity index (χ3n) is 9.83. The summed E-state index contributed by atoms with van der Waals surface area (Å²) in [6.07, 6.45) is -1.85. The van der Waals surface area contributed by atoms with Crippen molar-refractivity contribution >= 4 is 28.4 Å². The summed E-state index contributed by atoms with van der Waals surface area (Å²) in [5.41, 5.74) is 1.05. The fraction of sp³-hybridized carbons (Fsp3) is 0.486. The summed E-state index contributed by atoms with van der Waals surface area (Å²) in [6.45, 7) is 8.71. The van der Waals surface area contributed by atoms with Gasteiger partial charge in [0.05, 0.1) is 25.2 Å². The van der Waals surface area contributed by atoms with Crippen LogP contribution in [0.5, 0.6) is 5.88 Å². The highest BCUT2D eigenvalue weighted by atomic mass is 32.2. The number of carboxylic acids is 1. The second kappa shape index (κ2) is 14.1. The number of aliphatic hydroxyl groups excluding tert-OH is 1. The van der Waals surface area contributed by atoms with Crippen molar-refractivity contribution in [2.75, 3.05) is 38.2 Å². The number of halogens is 3. The van der Waals surface area contributed by atoms with Gasteiger partial charge in [-0.2, -0.15) is 18.2 Å². The summed E-state index contributed by atoms with van der Waals surface area (Å²) < 4.78 is 70.3. The number of nitrogens with zero attached hydrogens (tertiary/aromatic N) is 5. The van der Waals surface area contributed by atoms with Crippen LogP contribution < -0.4 is 10.1 Å². The van der Waals surface area contributed by atoms with Gasteiger partial charge in [0.2, 0.25) is 11.7 Å². The van der Waals surface area contributed by atoms with E-state index >= 15 is 0 Å². The topological polar surface area (TPSA) is 151 Å². The Morgan fingerprint density at radius 3 is 2.55 bits per heavy atom. The third kappa shape index (κ3) is 7.19. The number of aliphatic carboxylic acids is 1. The van der Waals surface area contributed by atoms with Crippen molar-refractivity contribution in [3.05, 3.63) is 76.2 Å². The van der Waals surface area contributed by atoms with Crippen LogP contribution in [0, 0.1) is 19.3 Å². The number of ether oxygens (including phenoxy) is 2. The van der Waals surface area contributed by atoms with Crippen LogP contribution in [0.15, 0.2) is 47.5 Å². The third-order valence-corrected chi connectivity index (χ3v) is 11.2. The molecule has 51 heavy (non-hydrogen) atoms. The van der Waals surface area contributed by atoms with Gasteiger partial charge in [-0.25, -0.2) is 8.51 Å². The summed E-state index contributed by atoms with van der Waals surface area (Å²) in [5.74, 6) is -2.24. The normalized spacial score (nSPS) is 18.6. The highest BCUT2D eigenvalue weighted by Crippen LogP contribution is 2.44. The number of benzene rings is 1. The minimum atomic E-state index is -4.73. The second-order valence-corrected chi connectivity index (χ2v) is 15.2. The molecule has 16 heteroatoms. The Bertz CT molecular complexity index is 1960. The number of aromatic nitrogens is 4. The number of fused-ring (bicyclic) bond motifs is 2. The quantitative estimate of drug-likeness (QED) is 0.184. The van der Waals surface area contributed by atoms with Crippen molar-refractivity contribution in [2.45, 2.75) is 76.1 Å². The number of hydrogen-bond donors (Lipinski definition) is 3. The minimum Gasteiger partial charge on any atom is -0.481 e. The van der Waals surface area contributed by atoms with Gasteiger partial charge in [-0.3, -0.25) is 9.20 Å². The molecule has 1 aromatic carbocycles. The molecule has 1 saturated heterocycles. The molecule has 3 aromatic heterocycles. The first-order valence-electron chi connectivity index (χ1n) is 16.7. The van der Waals surface area contributed by atoms with Gasteiger partial charge in [0.25, 0.3) is 0 Å². The molecule has 6 rings (SSSR count). The molecule has 2 unspecified atom stereocenters. The molecule has 2 aliphatic rings. The van der Waals surface area contributed by atoms with Gasteiger partial charge in [0, 0.05) is 44.7 Å². The van der Waals surface area contributed by atoms with Crippen molar-refractivity contribution in [3.63, 3.8) is 0 Å². The molecule has 0 aliphatic carbocycles. The lowest BCUT2D eigenvalue weighted by molar-refractivity contribution is -0.147. The molecule has 4 aromatic rings. The van der Waals surface area contributed by atoms with Crippen LogP contribution in [-0.4, -0.2) is 82.8 Å². The molecular formula is C35H41F3N6O6S. The van der Waals surface area contributed by atoms with Gasteiger partial charge in [0.1, 0.15) is 27.3 Å². The van der Waals surface area contributed by atoms with E-state index in [1.165, 1.54) is 12.3 Å². The smallest absolute Gasteiger partial charge is 0.452 e. The highest BCUT2D eigenvalue weighted by molar-refractivity contribution is 7.82. The highest BCUT2D eigenvalue weighted by Gasteiger charge is 2.44. The fourth-order valence-electron chi connectivity index (χ4n) is 6.85. The van der Waals surface area contributed by atoms with Crippen molar-refractivity contribution < 1.29 is 41.9 Å². The molecular weight excluding hydrogens is 689 g/mol. The van der Waals surface area contributed by atoms with Crippen molar-refractivity contribution in [2.24, 2.45) is 5.41 Å². The Morgan fingerprint density at radius 1 is 1.12 bits per heavy atom. The molecule has 5 heterocycles. The van der Waals surface area contributed by atoms with Crippen LogP contribution >= 0.6 is 0 Å². The van der Waals surface area contributed by atoms with Gasteiger partial charge in [-0.05, 0) is 80.1 Å². The van der Waals surface area contributed by atoms with Gasteiger partial charge < -0.3 is 25.0 Å². The Morgan fingerprint density at radius 2 is 1.86 bits per heavy atom. The summed E-state index contributed by atoms with van der Waals surface area (Å²) in [7, 11) is -1.69. The standard InChI is InChI=1S/C35H41F3N6O6S/c1-21-6-7-23(28(33(3,4)32(46)47)25-10-14-44-29(22(25)2)41-42-31(44)35(36,37)38)18-24(21)19-43-20-34(11-16-49-17-12-34)50-30-26(51(43)48)8-9-27(40-30)39-13-5-15-45/h6-10,14,18,28,45H,5,11-13,15-17,19-20H2,1-4H3,(H,39,40)(H,46,47). The molecule has 2 atom stereocenters. The van der Waals surface area contributed by atoms with Gasteiger partial charge >= 0.3 is 12.1 Å². The Labute approximate surface area is 295 Å². The maximum Gasteiger partial charge on any atom is 0.452 e. The maximum absolute atomic E-state index is 14.3. The van der Waals surface area contributed by atoms with Crippen LogP contribution in [0.4, 0.5) is 19.0 Å². The van der Waals surface area contributed by atoms with E-state index in [4.69, 9.17) is 9.47 Å². The number of nitrogens with one attached hydrogen (secondary N) is 1. The number of pyridine rings is 2. The zero-order chi connectivity index (χ0) is 36.7. The number of hydrogen-bond acceptors (Lipinski definition) is 9. The summed E-state index contributed by atoms with van der Waals surface area (Å²) in [6, 6.07) is 10.6. The number of anilines is 1. The van der Waals surface area contributed by atoms with Gasteiger partial charge in [-0.1, -0.05) is 18.2 Å². The number of rotatable bonds is 10. The molecule has 1 spiro atoms. The molecule has 3 N–H and O–H groups in total. The van der Waals surface area contributed by atoms with Crippen LogP contribution in [0.2, 0.25) is 0 Å². The van der Waals surface area contributed by atoms with Crippen LogP contribution in [0.1, 0.15) is 72.7 Å². The molecule has 12 nitrogen and oxygen atoms in total. The number of carbonyl (C=O) groups is 1. The van der Waals surface area contributed by atoms with E-state index < -0.39 is 45.9 Å². The first kappa shape index (κ1) is 36.7. The average molecular weight is 731 g/mol. The van der Waals surface area contributed by atoms with Gasteiger partial charge in [0.15, 0.2) is 5.65 Å². The lowest BCUT2D eigenvalue weighted by Gasteiger charge is -2.38. The van der Waals surface area contributed by atoms with E-state index in [1.54, 1.807) is 32.9 Å². The Kier molecular flexibility index (Phi) is 10.2. The first-order valence-corrected chi connectivity index (χ1v) is 17.8. The Balaban J connectivity index is 1.40. The van der Waals surface area contributed by atoms with E-state index in [1.807, 2.05) is 29.4 Å². The Hall–Kier alpha value is -4.12. The van der Waals surface area contributed by atoms with E-state index in [0.717, 1.165) is 15.5 Å². The molecule has 274 valence electrons. The molecule has 0 bridgehead atoms. The summed E-state index contributed by atoms with van der Waals surface area (Å²) in [5, 5.41) is 30.0. The van der Waals surface area contributed by atoms with Crippen molar-refractivity contribution in [3.8, 4) is 5.88 Å². The van der Waals surface area contributed by atoms with Crippen LogP contribution in [0.25, 0.3) is 5.65 Å². The van der Waals surface area contributed by atoms with E-state index in [-0.39, 0.29) is 24.7 Å². The van der Waals surface area contributed by atoms with Crippen LogP contribution in [-0.2, 0) is 33.2 Å². The lowest BCUT2D eigenvalue weighted by Crippen LogP contribution is -2.49. The van der Waals surface area contributed by atoms with Crippen molar-refractivity contribution in [1.29, 1.82) is 0 Å². The molecule has 2 aliphatic heterocycles. The molecule has 0 amide bonds. The lowest BCUT2D eigenvalue weighted by atomic mass is 9.70. The van der Waals surface area contributed by atoms with Crippen molar-refractivity contribution in [1.82, 2.24) is 23.9 Å². The minimum absolute atomic E-state index is 0.0147. The molecule has 0 saturated carbocycles. The number of aryl methyl sites for hydroxylation is 2. The summed E-state index contributed by atoms with van der Waals surface area (Å²) in [4.78, 5) is 17.9. The SMILES string of the molecule is Cc1ccc(C(c2ccn3c(C(F)(F)F)nnc3c2C)C(C)(C)C(=O)O)cc1CN1CC2(CCOCC2)Oc2nc(NCCCO)ccc2S1=O. The zero-order valence-corrected chi connectivity index (χ0v) is 29.6. The monoisotopic (exact) mass is 730 g/mol. The number of alkyl halides is 3. The number of aliphatic hydroxyl groups is 1. The fourth-order valence-corrected chi connectivity index (χ4v) is 8.15. The number of carboxylic acid groups (broad SMARTS) is 1. The van der Waals surface area contributed by atoms with Gasteiger partial charge in [-0.15, -0.1) is 10.2 Å². The molecule has 1 fully saturated rings.